The van der Waals surface area contributed by atoms with E-state index in [4.69, 9.17) is 9.47 Å². The average Bonchev–Trinajstić information content (AvgIpc) is 2.27. The quantitative estimate of drug-likeness (QED) is 0.763. The number of ether oxygens (including phenoxy) is 2. The van der Waals surface area contributed by atoms with Gasteiger partial charge >= 0.3 is 6.09 Å². The van der Waals surface area contributed by atoms with Crippen molar-refractivity contribution in [1.29, 1.82) is 0 Å². The molecule has 1 spiro atoms. The SMILES string of the molecule is CC(C)(C)OC(=O)NC1CCOC2(CCNCC2)C1. The lowest BCUT2D eigenvalue weighted by atomic mass is 9.83. The van der Waals surface area contributed by atoms with E-state index in [-0.39, 0.29) is 17.7 Å². The van der Waals surface area contributed by atoms with Gasteiger partial charge in [-0.05, 0) is 59.5 Å². The fourth-order valence-electron chi connectivity index (χ4n) is 2.86. The Labute approximate surface area is 115 Å². The summed E-state index contributed by atoms with van der Waals surface area (Å²) in [7, 11) is 0. The topological polar surface area (TPSA) is 59.6 Å². The number of hydrogen-bond donors (Lipinski definition) is 2. The smallest absolute Gasteiger partial charge is 0.407 e. The Kier molecular flexibility index (Phi) is 4.36. The summed E-state index contributed by atoms with van der Waals surface area (Å²) in [5, 5.41) is 6.34. The van der Waals surface area contributed by atoms with Crippen LogP contribution in [0.2, 0.25) is 0 Å². The van der Waals surface area contributed by atoms with Crippen molar-refractivity contribution in [2.24, 2.45) is 0 Å². The van der Waals surface area contributed by atoms with Crippen LogP contribution in [0.4, 0.5) is 4.79 Å². The van der Waals surface area contributed by atoms with Gasteiger partial charge in [0.25, 0.3) is 0 Å². The lowest BCUT2D eigenvalue weighted by Crippen LogP contribution is -2.53. The van der Waals surface area contributed by atoms with E-state index in [1.807, 2.05) is 20.8 Å². The first-order chi connectivity index (χ1) is 8.89. The van der Waals surface area contributed by atoms with Gasteiger partial charge in [0.2, 0.25) is 0 Å². The molecule has 2 aliphatic rings. The highest BCUT2D eigenvalue weighted by molar-refractivity contribution is 5.68. The first-order valence-corrected chi connectivity index (χ1v) is 7.23. The molecule has 1 unspecified atom stereocenters. The molecule has 0 aromatic rings. The van der Waals surface area contributed by atoms with Gasteiger partial charge in [0.15, 0.2) is 0 Å². The van der Waals surface area contributed by atoms with Crippen LogP contribution < -0.4 is 10.6 Å². The van der Waals surface area contributed by atoms with Crippen LogP contribution in [0.25, 0.3) is 0 Å². The highest BCUT2D eigenvalue weighted by Crippen LogP contribution is 2.33. The van der Waals surface area contributed by atoms with Crippen molar-refractivity contribution in [3.63, 3.8) is 0 Å². The summed E-state index contributed by atoms with van der Waals surface area (Å²) >= 11 is 0. The van der Waals surface area contributed by atoms with E-state index in [0.717, 1.165) is 45.4 Å². The molecule has 5 nitrogen and oxygen atoms in total. The molecular weight excluding hydrogens is 244 g/mol. The van der Waals surface area contributed by atoms with Crippen molar-refractivity contribution >= 4 is 6.09 Å². The van der Waals surface area contributed by atoms with Crippen molar-refractivity contribution in [3.05, 3.63) is 0 Å². The molecule has 0 saturated carbocycles. The lowest BCUT2D eigenvalue weighted by Gasteiger charge is -2.43. The first-order valence-electron chi connectivity index (χ1n) is 7.23. The number of piperidine rings is 1. The fourth-order valence-corrected chi connectivity index (χ4v) is 2.86. The average molecular weight is 270 g/mol. The number of carbonyl (C=O) groups is 1. The maximum Gasteiger partial charge on any atom is 0.407 e. The third-order valence-corrected chi connectivity index (χ3v) is 3.73. The van der Waals surface area contributed by atoms with Crippen LogP contribution in [0.5, 0.6) is 0 Å². The number of alkyl carbamates (subject to hydrolysis) is 1. The van der Waals surface area contributed by atoms with E-state index in [2.05, 4.69) is 10.6 Å². The zero-order valence-electron chi connectivity index (χ0n) is 12.3. The molecule has 5 heteroatoms. The predicted molar refractivity (Wildman–Crippen MR) is 73.2 cm³/mol. The van der Waals surface area contributed by atoms with Gasteiger partial charge in [-0.2, -0.15) is 0 Å². The van der Waals surface area contributed by atoms with Gasteiger partial charge < -0.3 is 20.1 Å². The van der Waals surface area contributed by atoms with Gasteiger partial charge in [-0.1, -0.05) is 0 Å². The molecule has 0 radical (unpaired) electrons. The monoisotopic (exact) mass is 270 g/mol. The zero-order chi connectivity index (χ0) is 13.9. The van der Waals surface area contributed by atoms with E-state index in [9.17, 15) is 4.79 Å². The molecule has 110 valence electrons. The minimum atomic E-state index is -0.443. The molecule has 2 fully saturated rings. The normalized spacial score (nSPS) is 27.0. The zero-order valence-corrected chi connectivity index (χ0v) is 12.3. The Hall–Kier alpha value is -0.810. The number of nitrogens with one attached hydrogen (secondary N) is 2. The molecule has 1 atom stereocenters. The van der Waals surface area contributed by atoms with Gasteiger partial charge in [-0.25, -0.2) is 4.79 Å². The molecule has 2 saturated heterocycles. The predicted octanol–water partition coefficient (Wildman–Crippen LogP) is 1.81. The molecule has 2 N–H and O–H groups in total. The lowest BCUT2D eigenvalue weighted by molar-refractivity contribution is -0.104. The molecule has 0 aliphatic carbocycles. The Morgan fingerprint density at radius 1 is 1.37 bits per heavy atom. The molecule has 0 aromatic carbocycles. The van der Waals surface area contributed by atoms with Crippen LogP contribution in [0.15, 0.2) is 0 Å². The summed E-state index contributed by atoms with van der Waals surface area (Å²) in [6, 6.07) is 0.168. The number of rotatable bonds is 1. The van der Waals surface area contributed by atoms with Crippen LogP contribution in [-0.2, 0) is 9.47 Å². The van der Waals surface area contributed by atoms with Crippen molar-refractivity contribution in [1.82, 2.24) is 10.6 Å². The molecule has 1 amide bonds. The molecular formula is C14H26N2O3. The van der Waals surface area contributed by atoms with Gasteiger partial charge in [0.1, 0.15) is 5.60 Å². The summed E-state index contributed by atoms with van der Waals surface area (Å²) in [5.74, 6) is 0. The molecule has 2 rings (SSSR count). The standard InChI is InChI=1S/C14H26N2O3/c1-13(2,3)19-12(17)16-11-4-9-18-14(10-11)5-7-15-8-6-14/h11,15H,4-10H2,1-3H3,(H,16,17). The highest BCUT2D eigenvalue weighted by Gasteiger charge is 2.39. The van der Waals surface area contributed by atoms with Crippen LogP contribution in [0, 0.1) is 0 Å². The number of amides is 1. The summed E-state index contributed by atoms with van der Waals surface area (Å²) in [6.07, 6.45) is 3.50. The molecule has 0 bridgehead atoms. The second-order valence-corrected chi connectivity index (χ2v) is 6.62. The van der Waals surface area contributed by atoms with E-state index in [1.54, 1.807) is 0 Å². The maximum absolute atomic E-state index is 11.8. The highest BCUT2D eigenvalue weighted by atomic mass is 16.6. The van der Waals surface area contributed by atoms with Crippen molar-refractivity contribution in [3.8, 4) is 0 Å². The Balaban J connectivity index is 1.85. The van der Waals surface area contributed by atoms with E-state index in [1.165, 1.54) is 0 Å². The van der Waals surface area contributed by atoms with Gasteiger partial charge in [-0.3, -0.25) is 0 Å². The van der Waals surface area contributed by atoms with E-state index in [0.29, 0.717) is 0 Å². The van der Waals surface area contributed by atoms with Crippen molar-refractivity contribution < 1.29 is 14.3 Å². The molecule has 0 aromatic heterocycles. The number of carbonyl (C=O) groups excluding carboxylic acids is 1. The summed E-state index contributed by atoms with van der Waals surface area (Å²) in [6.45, 7) is 8.36. The van der Waals surface area contributed by atoms with Gasteiger partial charge in [0.05, 0.1) is 5.60 Å². The minimum absolute atomic E-state index is 0.0385. The molecule has 2 heterocycles. The van der Waals surface area contributed by atoms with Crippen LogP contribution in [0.1, 0.15) is 46.5 Å². The molecule has 19 heavy (non-hydrogen) atoms. The second-order valence-electron chi connectivity index (χ2n) is 6.62. The van der Waals surface area contributed by atoms with Crippen molar-refractivity contribution in [2.75, 3.05) is 19.7 Å². The van der Waals surface area contributed by atoms with Gasteiger partial charge in [0, 0.05) is 12.6 Å². The van der Waals surface area contributed by atoms with Crippen LogP contribution in [-0.4, -0.2) is 43.0 Å². The minimum Gasteiger partial charge on any atom is -0.444 e. The number of hydrogen-bond acceptors (Lipinski definition) is 4. The van der Waals surface area contributed by atoms with Gasteiger partial charge in [-0.15, -0.1) is 0 Å². The maximum atomic E-state index is 11.8. The van der Waals surface area contributed by atoms with Crippen LogP contribution in [0.3, 0.4) is 0 Å². The fraction of sp³-hybridized carbons (Fsp3) is 0.929. The Morgan fingerprint density at radius 3 is 2.68 bits per heavy atom. The summed E-state index contributed by atoms with van der Waals surface area (Å²) in [5.41, 5.74) is -0.481. The molecule has 2 aliphatic heterocycles. The third-order valence-electron chi connectivity index (χ3n) is 3.73. The first kappa shape index (κ1) is 14.6. The van der Waals surface area contributed by atoms with E-state index < -0.39 is 5.60 Å². The van der Waals surface area contributed by atoms with E-state index >= 15 is 0 Å². The Morgan fingerprint density at radius 2 is 2.05 bits per heavy atom. The summed E-state index contributed by atoms with van der Waals surface area (Å²) < 4.78 is 11.3. The van der Waals surface area contributed by atoms with Crippen molar-refractivity contribution in [2.45, 2.75) is 63.7 Å². The largest absolute Gasteiger partial charge is 0.444 e. The van der Waals surface area contributed by atoms with Crippen LogP contribution >= 0.6 is 0 Å². The third kappa shape index (κ3) is 4.35. The Bertz CT molecular complexity index is 314. The second kappa shape index (κ2) is 5.67. The summed E-state index contributed by atoms with van der Waals surface area (Å²) in [4.78, 5) is 11.8.